The minimum absolute atomic E-state index is 0.777. The van der Waals surface area contributed by atoms with E-state index in [-0.39, 0.29) is 0 Å². The number of aromatic nitrogens is 3. The number of halogens is 1. The minimum Gasteiger partial charge on any atom is -0.497 e. The third-order valence-corrected chi connectivity index (χ3v) is 4.97. The van der Waals surface area contributed by atoms with Crippen molar-refractivity contribution in [3.63, 3.8) is 0 Å². The van der Waals surface area contributed by atoms with Crippen molar-refractivity contribution in [3.05, 3.63) is 65.5 Å². The monoisotopic (exact) mass is 408 g/mol. The largest absolute Gasteiger partial charge is 0.497 e. The van der Waals surface area contributed by atoms with E-state index in [9.17, 15) is 0 Å². The molecule has 0 saturated carbocycles. The summed E-state index contributed by atoms with van der Waals surface area (Å²) in [7, 11) is 3.52. The molecule has 1 N–H and O–H groups in total. The first kappa shape index (κ1) is 16.6. The Morgan fingerprint density at radius 3 is 2.50 bits per heavy atom. The Hall–Kier alpha value is -2.86. The van der Waals surface area contributed by atoms with Crippen LogP contribution in [0.15, 0.2) is 65.5 Å². The van der Waals surface area contributed by atoms with E-state index in [1.807, 2.05) is 31.4 Å². The normalized spacial score (nSPS) is 10.9. The Kier molecular flexibility index (Phi) is 4.34. The van der Waals surface area contributed by atoms with Gasteiger partial charge >= 0.3 is 0 Å². The molecule has 4 aromatic rings. The lowest BCUT2D eigenvalue weighted by atomic mass is 10.0. The number of ether oxygens (including phenoxy) is 1. The maximum absolute atomic E-state index is 5.25. The first-order chi connectivity index (χ1) is 12.7. The predicted molar refractivity (Wildman–Crippen MR) is 108 cm³/mol. The Morgan fingerprint density at radius 2 is 1.77 bits per heavy atom. The molecule has 0 fully saturated rings. The van der Waals surface area contributed by atoms with Crippen LogP contribution in [0.2, 0.25) is 0 Å². The van der Waals surface area contributed by atoms with Gasteiger partial charge in [0.25, 0.3) is 0 Å². The number of rotatable bonds is 4. The molecule has 2 aromatic heterocycles. The summed E-state index contributed by atoms with van der Waals surface area (Å²) in [6.07, 6.45) is 3.60. The number of fused-ring (bicyclic) bond motifs is 1. The van der Waals surface area contributed by atoms with Crippen LogP contribution in [0.25, 0.3) is 27.8 Å². The second kappa shape index (κ2) is 6.80. The van der Waals surface area contributed by atoms with Crippen LogP contribution in [0, 0.1) is 0 Å². The van der Waals surface area contributed by atoms with Crippen molar-refractivity contribution in [2.75, 3.05) is 19.5 Å². The van der Waals surface area contributed by atoms with Gasteiger partial charge in [0.1, 0.15) is 23.7 Å². The number of hydrogen-bond acceptors (Lipinski definition) is 4. The van der Waals surface area contributed by atoms with E-state index in [1.54, 1.807) is 13.4 Å². The molecule has 0 bridgehead atoms. The number of methoxy groups -OCH3 is 1. The molecule has 0 aliphatic carbocycles. The minimum atomic E-state index is 0.777. The van der Waals surface area contributed by atoms with Gasteiger partial charge in [0, 0.05) is 29.2 Å². The Labute approximate surface area is 159 Å². The molecule has 0 aliphatic heterocycles. The van der Waals surface area contributed by atoms with Crippen molar-refractivity contribution < 1.29 is 4.74 Å². The Balaban J connectivity index is 1.86. The summed E-state index contributed by atoms with van der Waals surface area (Å²) < 4.78 is 8.34. The van der Waals surface area contributed by atoms with Crippen molar-refractivity contribution in [2.24, 2.45) is 0 Å². The first-order valence-corrected chi connectivity index (χ1v) is 8.94. The van der Waals surface area contributed by atoms with E-state index >= 15 is 0 Å². The average molecular weight is 409 g/mol. The van der Waals surface area contributed by atoms with Crippen LogP contribution >= 0.6 is 15.9 Å². The SMILES string of the molecule is CNc1cc(-n2cc(Br)c3ccc(-c4ccc(OC)cc4)cc32)ncn1. The third kappa shape index (κ3) is 2.93. The van der Waals surface area contributed by atoms with E-state index in [2.05, 4.69) is 66.1 Å². The summed E-state index contributed by atoms with van der Waals surface area (Å²) in [6.45, 7) is 0. The van der Waals surface area contributed by atoms with Crippen molar-refractivity contribution >= 4 is 32.7 Å². The number of hydrogen-bond donors (Lipinski definition) is 1. The number of nitrogens with one attached hydrogen (secondary N) is 1. The summed E-state index contributed by atoms with van der Waals surface area (Å²) >= 11 is 3.65. The maximum atomic E-state index is 5.25. The van der Waals surface area contributed by atoms with E-state index in [0.29, 0.717) is 0 Å². The lowest BCUT2D eigenvalue weighted by Gasteiger charge is -2.08. The van der Waals surface area contributed by atoms with Crippen molar-refractivity contribution in [2.45, 2.75) is 0 Å². The third-order valence-electron chi connectivity index (χ3n) is 4.34. The Morgan fingerprint density at radius 1 is 1.00 bits per heavy atom. The van der Waals surface area contributed by atoms with Crippen LogP contribution in [-0.4, -0.2) is 28.7 Å². The van der Waals surface area contributed by atoms with Crippen LogP contribution in [0.4, 0.5) is 5.82 Å². The van der Waals surface area contributed by atoms with Crippen LogP contribution in [0.5, 0.6) is 5.75 Å². The van der Waals surface area contributed by atoms with Gasteiger partial charge in [-0.15, -0.1) is 0 Å². The van der Waals surface area contributed by atoms with E-state index < -0.39 is 0 Å². The topological polar surface area (TPSA) is 52.0 Å². The molecular formula is C20H17BrN4O. The molecule has 0 spiro atoms. The fourth-order valence-corrected chi connectivity index (χ4v) is 3.49. The van der Waals surface area contributed by atoms with Gasteiger partial charge in [0.05, 0.1) is 12.6 Å². The summed E-state index contributed by atoms with van der Waals surface area (Å²) in [6, 6.07) is 16.4. The molecule has 0 aliphatic rings. The van der Waals surface area contributed by atoms with E-state index in [4.69, 9.17) is 4.74 Å². The first-order valence-electron chi connectivity index (χ1n) is 8.15. The summed E-state index contributed by atoms with van der Waals surface area (Å²) in [5.74, 6) is 2.44. The highest BCUT2D eigenvalue weighted by Gasteiger charge is 2.11. The molecule has 5 nitrogen and oxygen atoms in total. The van der Waals surface area contributed by atoms with E-state index in [1.165, 1.54) is 0 Å². The molecule has 6 heteroatoms. The fraction of sp³-hybridized carbons (Fsp3) is 0.100. The van der Waals surface area contributed by atoms with Gasteiger partial charge in [-0.05, 0) is 45.3 Å². The average Bonchev–Trinajstić information content (AvgIpc) is 3.04. The zero-order valence-corrected chi connectivity index (χ0v) is 16.0. The quantitative estimate of drug-likeness (QED) is 0.521. The molecule has 130 valence electrons. The fourth-order valence-electron chi connectivity index (χ4n) is 2.95. The van der Waals surface area contributed by atoms with Crippen molar-refractivity contribution in [1.29, 1.82) is 0 Å². The van der Waals surface area contributed by atoms with E-state index in [0.717, 1.165) is 43.9 Å². The molecule has 2 heterocycles. The molecule has 4 rings (SSSR count). The summed E-state index contributed by atoms with van der Waals surface area (Å²) in [5, 5.41) is 4.18. The second-order valence-corrected chi connectivity index (χ2v) is 6.67. The molecule has 0 saturated heterocycles. The lowest BCUT2D eigenvalue weighted by molar-refractivity contribution is 0.415. The number of nitrogens with zero attached hydrogens (tertiary/aromatic N) is 3. The highest BCUT2D eigenvalue weighted by Crippen LogP contribution is 2.32. The molecule has 0 radical (unpaired) electrons. The zero-order chi connectivity index (χ0) is 18.1. The van der Waals surface area contributed by atoms with Crippen molar-refractivity contribution in [1.82, 2.24) is 14.5 Å². The van der Waals surface area contributed by atoms with Crippen molar-refractivity contribution in [3.8, 4) is 22.7 Å². The lowest BCUT2D eigenvalue weighted by Crippen LogP contribution is -1.99. The van der Waals surface area contributed by atoms with Gasteiger partial charge < -0.3 is 10.1 Å². The van der Waals surface area contributed by atoms with Crippen LogP contribution < -0.4 is 10.1 Å². The molecule has 0 unspecified atom stereocenters. The smallest absolute Gasteiger partial charge is 0.142 e. The number of benzene rings is 2. The van der Waals surface area contributed by atoms with Gasteiger partial charge in [-0.25, -0.2) is 9.97 Å². The van der Waals surface area contributed by atoms with Gasteiger partial charge in [0.15, 0.2) is 0 Å². The highest BCUT2D eigenvalue weighted by atomic mass is 79.9. The van der Waals surface area contributed by atoms with Gasteiger partial charge in [-0.1, -0.05) is 24.3 Å². The summed E-state index contributed by atoms with van der Waals surface area (Å²) in [4.78, 5) is 8.61. The standard InChI is InChI=1S/C20H17BrN4O/c1-22-19-10-20(24-12-23-19)25-11-17(21)16-8-5-14(9-18(16)25)13-3-6-15(26-2)7-4-13/h3-12H,1-2H3,(H,22,23,24). The maximum Gasteiger partial charge on any atom is 0.142 e. The predicted octanol–water partition coefficient (Wildman–Crippen LogP) is 4.90. The molecule has 0 amide bonds. The molecule has 0 atom stereocenters. The van der Waals surface area contributed by atoms with Crippen LogP contribution in [0.3, 0.4) is 0 Å². The van der Waals surface area contributed by atoms with Gasteiger partial charge in [-0.2, -0.15) is 0 Å². The van der Waals surface area contributed by atoms with Crippen LogP contribution in [-0.2, 0) is 0 Å². The summed E-state index contributed by atoms with van der Waals surface area (Å²) in [5.41, 5.74) is 3.34. The van der Waals surface area contributed by atoms with Gasteiger partial charge in [0.2, 0.25) is 0 Å². The van der Waals surface area contributed by atoms with Gasteiger partial charge in [-0.3, -0.25) is 4.57 Å². The highest BCUT2D eigenvalue weighted by molar-refractivity contribution is 9.10. The molecular weight excluding hydrogens is 392 g/mol. The molecule has 2 aromatic carbocycles. The Bertz CT molecular complexity index is 1070. The van der Waals surface area contributed by atoms with Crippen LogP contribution in [0.1, 0.15) is 0 Å². The number of anilines is 1. The zero-order valence-electron chi connectivity index (χ0n) is 14.4. The molecule has 26 heavy (non-hydrogen) atoms. The second-order valence-electron chi connectivity index (χ2n) is 5.82.